The van der Waals surface area contributed by atoms with Gasteiger partial charge in [0, 0.05) is 23.7 Å². The number of benzene rings is 1. The molecule has 0 aromatic heterocycles. The van der Waals surface area contributed by atoms with E-state index < -0.39 is 0 Å². The van der Waals surface area contributed by atoms with Gasteiger partial charge in [-0.15, -0.1) is 0 Å². The molecule has 104 valence electrons. The van der Waals surface area contributed by atoms with Gasteiger partial charge in [0.05, 0.1) is 0 Å². The number of nitrogens with zero attached hydrogens (tertiary/aromatic N) is 1. The van der Waals surface area contributed by atoms with Gasteiger partial charge in [0.2, 0.25) is 0 Å². The average Bonchev–Trinajstić information content (AvgIpc) is 2.38. The number of nitrogens with two attached hydrogens (primary N) is 1. The van der Waals surface area contributed by atoms with Crippen molar-refractivity contribution in [2.24, 2.45) is 17.6 Å². The minimum absolute atomic E-state index is 0.0968. The number of aryl methyl sites for hydroxylation is 1. The fraction of sp³-hybridized carbons (Fsp3) is 0.533. The highest BCUT2D eigenvalue weighted by molar-refractivity contribution is 6.30. The molecule has 0 saturated carbocycles. The molecule has 1 aromatic rings. The molecule has 0 aliphatic carbocycles. The van der Waals surface area contributed by atoms with E-state index in [2.05, 4.69) is 6.92 Å². The van der Waals surface area contributed by atoms with E-state index in [4.69, 9.17) is 17.3 Å². The molecule has 0 spiro atoms. The molecule has 2 atom stereocenters. The molecule has 2 unspecified atom stereocenters. The number of halogens is 1. The van der Waals surface area contributed by atoms with Crippen molar-refractivity contribution in [1.29, 1.82) is 0 Å². The van der Waals surface area contributed by atoms with E-state index in [0.29, 0.717) is 23.4 Å². The minimum Gasteiger partial charge on any atom is -0.338 e. The summed E-state index contributed by atoms with van der Waals surface area (Å²) in [5.74, 6) is 1.10. The molecule has 19 heavy (non-hydrogen) atoms. The third kappa shape index (κ3) is 3.10. The van der Waals surface area contributed by atoms with Gasteiger partial charge in [-0.25, -0.2) is 0 Å². The molecular weight excluding hydrogens is 260 g/mol. The highest BCUT2D eigenvalue weighted by Crippen LogP contribution is 2.25. The van der Waals surface area contributed by atoms with Crippen molar-refractivity contribution < 1.29 is 4.79 Å². The van der Waals surface area contributed by atoms with Crippen LogP contribution in [0.4, 0.5) is 0 Å². The summed E-state index contributed by atoms with van der Waals surface area (Å²) in [5.41, 5.74) is 7.47. The lowest BCUT2D eigenvalue weighted by atomic mass is 9.87. The van der Waals surface area contributed by atoms with Crippen LogP contribution in [0.25, 0.3) is 0 Å². The largest absolute Gasteiger partial charge is 0.338 e. The minimum atomic E-state index is 0.0968. The Bertz CT molecular complexity index is 475. The summed E-state index contributed by atoms with van der Waals surface area (Å²) in [7, 11) is 0. The lowest BCUT2D eigenvalue weighted by Crippen LogP contribution is -2.45. The second-order valence-corrected chi connectivity index (χ2v) is 5.91. The SMILES string of the molecule is Cc1cc(Cl)ccc1C(=O)N1CCC(C)C(CN)C1. The second-order valence-electron chi connectivity index (χ2n) is 5.47. The quantitative estimate of drug-likeness (QED) is 0.905. The van der Waals surface area contributed by atoms with Crippen LogP contribution in [0.3, 0.4) is 0 Å². The van der Waals surface area contributed by atoms with Crippen LogP contribution in [0.5, 0.6) is 0 Å². The molecule has 2 rings (SSSR count). The summed E-state index contributed by atoms with van der Waals surface area (Å²) in [6, 6.07) is 5.42. The Kier molecular flexibility index (Phi) is 4.48. The predicted molar refractivity (Wildman–Crippen MR) is 78.4 cm³/mol. The molecule has 1 aliphatic rings. The molecule has 1 saturated heterocycles. The molecule has 4 heteroatoms. The van der Waals surface area contributed by atoms with E-state index in [0.717, 1.165) is 30.6 Å². The van der Waals surface area contributed by atoms with Gasteiger partial charge < -0.3 is 10.6 Å². The number of carbonyl (C=O) groups excluding carboxylic acids is 1. The van der Waals surface area contributed by atoms with Gasteiger partial charge in [0.25, 0.3) is 5.91 Å². The number of piperidine rings is 1. The standard InChI is InChI=1S/C15H21ClN2O/c1-10-5-6-18(9-12(10)8-17)15(19)14-4-3-13(16)7-11(14)2/h3-4,7,10,12H,5-6,8-9,17H2,1-2H3. The Balaban J connectivity index is 2.15. The van der Waals surface area contributed by atoms with Crippen LogP contribution in [0.15, 0.2) is 18.2 Å². The van der Waals surface area contributed by atoms with Gasteiger partial charge >= 0.3 is 0 Å². The van der Waals surface area contributed by atoms with Crippen molar-refractivity contribution in [2.45, 2.75) is 20.3 Å². The third-order valence-electron chi connectivity index (χ3n) is 4.12. The molecule has 1 aromatic carbocycles. The van der Waals surface area contributed by atoms with E-state index in [-0.39, 0.29) is 5.91 Å². The Morgan fingerprint density at radius 2 is 2.26 bits per heavy atom. The molecule has 2 N–H and O–H groups in total. The number of amides is 1. The van der Waals surface area contributed by atoms with E-state index in [1.54, 1.807) is 6.07 Å². The summed E-state index contributed by atoms with van der Waals surface area (Å²) in [6.07, 6.45) is 1.03. The first-order valence-corrected chi connectivity index (χ1v) is 7.16. The Hall–Kier alpha value is -1.06. The maximum atomic E-state index is 12.5. The predicted octanol–water partition coefficient (Wildman–Crippen LogP) is 2.71. The normalized spacial score (nSPS) is 23.5. The first-order valence-electron chi connectivity index (χ1n) is 6.78. The van der Waals surface area contributed by atoms with Crippen LogP contribution in [0.2, 0.25) is 5.02 Å². The number of hydrogen-bond donors (Lipinski definition) is 1. The van der Waals surface area contributed by atoms with Crippen molar-refractivity contribution in [3.05, 3.63) is 34.3 Å². The van der Waals surface area contributed by atoms with Gasteiger partial charge in [-0.2, -0.15) is 0 Å². The van der Waals surface area contributed by atoms with Gasteiger partial charge in [-0.05, 0) is 55.5 Å². The summed E-state index contributed by atoms with van der Waals surface area (Å²) in [4.78, 5) is 14.5. The van der Waals surface area contributed by atoms with Crippen LogP contribution < -0.4 is 5.73 Å². The molecule has 0 bridgehead atoms. The Labute approximate surface area is 119 Å². The summed E-state index contributed by atoms with van der Waals surface area (Å²) >= 11 is 5.93. The van der Waals surface area contributed by atoms with E-state index in [1.807, 2.05) is 24.0 Å². The molecule has 0 radical (unpaired) electrons. The van der Waals surface area contributed by atoms with Crippen molar-refractivity contribution in [1.82, 2.24) is 4.90 Å². The third-order valence-corrected chi connectivity index (χ3v) is 4.36. The lowest BCUT2D eigenvalue weighted by Gasteiger charge is -2.36. The first-order chi connectivity index (χ1) is 9.02. The van der Waals surface area contributed by atoms with Crippen LogP contribution in [0.1, 0.15) is 29.3 Å². The average molecular weight is 281 g/mol. The van der Waals surface area contributed by atoms with Crippen LogP contribution >= 0.6 is 11.6 Å². The Morgan fingerprint density at radius 1 is 1.53 bits per heavy atom. The second kappa shape index (κ2) is 5.93. The summed E-state index contributed by atoms with van der Waals surface area (Å²) in [5, 5.41) is 0.668. The summed E-state index contributed by atoms with van der Waals surface area (Å²) in [6.45, 7) is 6.36. The number of rotatable bonds is 2. The van der Waals surface area contributed by atoms with Crippen molar-refractivity contribution in [3.63, 3.8) is 0 Å². The van der Waals surface area contributed by atoms with E-state index in [9.17, 15) is 4.79 Å². The van der Waals surface area contributed by atoms with Crippen molar-refractivity contribution in [3.8, 4) is 0 Å². The molecule has 1 fully saturated rings. The topological polar surface area (TPSA) is 46.3 Å². The molecular formula is C15H21ClN2O. The van der Waals surface area contributed by atoms with Crippen molar-refractivity contribution in [2.75, 3.05) is 19.6 Å². The lowest BCUT2D eigenvalue weighted by molar-refractivity contribution is 0.0618. The highest BCUT2D eigenvalue weighted by atomic mass is 35.5. The zero-order valence-electron chi connectivity index (χ0n) is 11.5. The van der Waals surface area contributed by atoms with E-state index >= 15 is 0 Å². The van der Waals surface area contributed by atoms with Gasteiger partial charge in [0.15, 0.2) is 0 Å². The van der Waals surface area contributed by atoms with E-state index in [1.165, 1.54) is 0 Å². The molecule has 1 heterocycles. The fourth-order valence-corrected chi connectivity index (χ4v) is 2.90. The smallest absolute Gasteiger partial charge is 0.254 e. The first kappa shape index (κ1) is 14.4. The van der Waals surface area contributed by atoms with Crippen LogP contribution in [0, 0.1) is 18.8 Å². The maximum Gasteiger partial charge on any atom is 0.254 e. The molecule has 1 amide bonds. The number of carbonyl (C=O) groups is 1. The van der Waals surface area contributed by atoms with Gasteiger partial charge in [-0.3, -0.25) is 4.79 Å². The highest BCUT2D eigenvalue weighted by Gasteiger charge is 2.28. The van der Waals surface area contributed by atoms with Crippen LogP contribution in [-0.2, 0) is 0 Å². The fourth-order valence-electron chi connectivity index (χ4n) is 2.68. The zero-order chi connectivity index (χ0) is 14.0. The molecule has 3 nitrogen and oxygen atoms in total. The number of likely N-dealkylation sites (tertiary alicyclic amines) is 1. The monoisotopic (exact) mass is 280 g/mol. The Morgan fingerprint density at radius 3 is 2.89 bits per heavy atom. The zero-order valence-corrected chi connectivity index (χ0v) is 12.3. The maximum absolute atomic E-state index is 12.5. The number of hydrogen-bond acceptors (Lipinski definition) is 2. The van der Waals surface area contributed by atoms with Crippen LogP contribution in [-0.4, -0.2) is 30.4 Å². The molecule has 1 aliphatic heterocycles. The summed E-state index contributed by atoms with van der Waals surface area (Å²) < 4.78 is 0. The van der Waals surface area contributed by atoms with Gasteiger partial charge in [0.1, 0.15) is 0 Å². The van der Waals surface area contributed by atoms with Crippen molar-refractivity contribution >= 4 is 17.5 Å². The van der Waals surface area contributed by atoms with Gasteiger partial charge in [-0.1, -0.05) is 18.5 Å².